The maximum atomic E-state index is 11.5. The number of carbonyl (C=O) groups is 1. The molecule has 16 heavy (non-hydrogen) atoms. The first-order chi connectivity index (χ1) is 7.50. The Morgan fingerprint density at radius 3 is 2.25 bits per heavy atom. The molecular weight excluding hydrogens is 202 g/mol. The van der Waals surface area contributed by atoms with Gasteiger partial charge in [-0.2, -0.15) is 0 Å². The average molecular weight is 229 g/mol. The normalized spacial score (nSPS) is 15.1. The first-order valence-corrected chi connectivity index (χ1v) is 6.27. The molecule has 0 spiro atoms. The molecule has 1 atom stereocenters. The maximum Gasteiger partial charge on any atom is 0.237 e. The molecule has 4 heteroatoms. The summed E-state index contributed by atoms with van der Waals surface area (Å²) in [5.41, 5.74) is 4.89. The van der Waals surface area contributed by atoms with E-state index < -0.39 is 5.54 Å². The van der Waals surface area contributed by atoms with Gasteiger partial charge in [-0.1, -0.05) is 20.8 Å². The zero-order valence-corrected chi connectivity index (χ0v) is 11.2. The fourth-order valence-corrected chi connectivity index (χ4v) is 1.62. The lowest BCUT2D eigenvalue weighted by molar-refractivity contribution is -0.124. The van der Waals surface area contributed by atoms with Crippen LogP contribution < -0.4 is 11.1 Å². The Balaban J connectivity index is 4.26. The van der Waals surface area contributed by atoms with Crippen LogP contribution in [0.4, 0.5) is 0 Å². The third kappa shape index (κ3) is 4.94. The van der Waals surface area contributed by atoms with Gasteiger partial charge in [-0.15, -0.1) is 0 Å². The van der Waals surface area contributed by atoms with Gasteiger partial charge in [0.05, 0.1) is 5.54 Å². The molecule has 0 aromatic heterocycles. The number of rotatable bonds is 9. The van der Waals surface area contributed by atoms with Gasteiger partial charge in [0.15, 0.2) is 0 Å². The van der Waals surface area contributed by atoms with Crippen molar-refractivity contribution in [1.29, 1.82) is 0 Å². The van der Waals surface area contributed by atoms with Crippen LogP contribution >= 0.6 is 0 Å². The Morgan fingerprint density at radius 2 is 1.88 bits per heavy atom. The van der Waals surface area contributed by atoms with Crippen LogP contribution in [0.1, 0.15) is 40.5 Å². The van der Waals surface area contributed by atoms with Crippen LogP contribution in [-0.2, 0) is 4.79 Å². The molecular formula is C12H27N3O. The van der Waals surface area contributed by atoms with Crippen LogP contribution in [-0.4, -0.2) is 42.5 Å². The predicted molar refractivity (Wildman–Crippen MR) is 68.3 cm³/mol. The lowest BCUT2D eigenvalue weighted by Crippen LogP contribution is -2.54. The summed E-state index contributed by atoms with van der Waals surface area (Å²) in [6.07, 6.45) is 1.78. The lowest BCUT2D eigenvalue weighted by atomic mass is 9.96. The fourth-order valence-electron chi connectivity index (χ4n) is 1.62. The topological polar surface area (TPSA) is 58.4 Å². The van der Waals surface area contributed by atoms with Crippen molar-refractivity contribution in [3.8, 4) is 0 Å². The second-order valence-electron chi connectivity index (χ2n) is 4.40. The molecule has 0 aliphatic carbocycles. The molecule has 0 rings (SSSR count). The lowest BCUT2D eigenvalue weighted by Gasteiger charge is -2.30. The van der Waals surface area contributed by atoms with Gasteiger partial charge in [-0.05, 0) is 39.4 Å². The molecule has 0 aromatic carbocycles. The molecule has 0 saturated carbocycles. The highest BCUT2D eigenvalue weighted by molar-refractivity contribution is 5.84. The van der Waals surface area contributed by atoms with E-state index in [1.165, 1.54) is 0 Å². The largest absolute Gasteiger partial charge is 0.368 e. The van der Waals surface area contributed by atoms with Gasteiger partial charge in [0, 0.05) is 6.54 Å². The molecule has 0 fully saturated rings. The maximum absolute atomic E-state index is 11.5. The van der Waals surface area contributed by atoms with E-state index in [0.717, 1.165) is 39.0 Å². The molecule has 96 valence electrons. The van der Waals surface area contributed by atoms with Crippen LogP contribution in [0, 0.1) is 0 Å². The number of nitrogens with one attached hydrogen (secondary N) is 1. The van der Waals surface area contributed by atoms with E-state index in [-0.39, 0.29) is 5.91 Å². The van der Waals surface area contributed by atoms with Gasteiger partial charge < -0.3 is 16.0 Å². The van der Waals surface area contributed by atoms with E-state index in [1.54, 1.807) is 0 Å². The summed E-state index contributed by atoms with van der Waals surface area (Å²) < 4.78 is 0. The van der Waals surface area contributed by atoms with E-state index in [0.29, 0.717) is 0 Å². The number of nitrogens with two attached hydrogens (primary N) is 1. The Kier molecular flexibility index (Phi) is 7.34. The molecule has 0 radical (unpaired) electrons. The molecule has 4 nitrogen and oxygen atoms in total. The van der Waals surface area contributed by atoms with Gasteiger partial charge in [0.25, 0.3) is 0 Å². The van der Waals surface area contributed by atoms with Gasteiger partial charge >= 0.3 is 0 Å². The summed E-state index contributed by atoms with van der Waals surface area (Å²) in [5, 5.41) is 3.25. The van der Waals surface area contributed by atoms with Crippen LogP contribution in [0.5, 0.6) is 0 Å². The minimum absolute atomic E-state index is 0.256. The van der Waals surface area contributed by atoms with Crippen molar-refractivity contribution in [1.82, 2.24) is 10.2 Å². The SMILES string of the molecule is CCCNC(C)(CCN(CC)CC)C(N)=O. The zero-order valence-electron chi connectivity index (χ0n) is 11.2. The summed E-state index contributed by atoms with van der Waals surface area (Å²) in [5.74, 6) is -0.256. The second-order valence-corrected chi connectivity index (χ2v) is 4.40. The van der Waals surface area contributed by atoms with E-state index in [1.807, 2.05) is 6.92 Å². The van der Waals surface area contributed by atoms with E-state index in [9.17, 15) is 4.79 Å². The molecule has 0 saturated heterocycles. The van der Waals surface area contributed by atoms with Gasteiger partial charge in [-0.3, -0.25) is 4.79 Å². The van der Waals surface area contributed by atoms with Crippen molar-refractivity contribution in [2.24, 2.45) is 5.73 Å². The number of primary amides is 1. The first kappa shape index (κ1) is 15.4. The van der Waals surface area contributed by atoms with Crippen molar-refractivity contribution in [2.45, 2.75) is 46.1 Å². The highest BCUT2D eigenvalue weighted by Crippen LogP contribution is 2.10. The molecule has 0 aliphatic rings. The van der Waals surface area contributed by atoms with Gasteiger partial charge in [0.1, 0.15) is 0 Å². The number of carbonyl (C=O) groups excluding carboxylic acids is 1. The standard InChI is InChI=1S/C12H27N3O/c1-5-9-14-12(4,11(13)16)8-10-15(6-2)7-3/h14H,5-10H2,1-4H3,(H2,13,16). The number of amides is 1. The third-order valence-corrected chi connectivity index (χ3v) is 3.13. The quantitative estimate of drug-likeness (QED) is 0.619. The van der Waals surface area contributed by atoms with Crippen LogP contribution in [0.3, 0.4) is 0 Å². The number of hydrogen-bond donors (Lipinski definition) is 2. The summed E-state index contributed by atoms with van der Waals surface area (Å²) in [6.45, 7) is 12.0. The monoisotopic (exact) mass is 229 g/mol. The van der Waals surface area contributed by atoms with Crippen LogP contribution in [0.25, 0.3) is 0 Å². The summed E-state index contributed by atoms with van der Waals surface area (Å²) in [4.78, 5) is 13.8. The van der Waals surface area contributed by atoms with Gasteiger partial charge in [0.2, 0.25) is 5.91 Å². The van der Waals surface area contributed by atoms with E-state index >= 15 is 0 Å². The summed E-state index contributed by atoms with van der Waals surface area (Å²) in [6, 6.07) is 0. The molecule has 0 aromatic rings. The zero-order chi connectivity index (χ0) is 12.6. The molecule has 0 heterocycles. The minimum atomic E-state index is -0.571. The molecule has 0 aliphatic heterocycles. The average Bonchev–Trinajstić information content (AvgIpc) is 2.27. The number of hydrogen-bond acceptors (Lipinski definition) is 3. The fraction of sp³-hybridized carbons (Fsp3) is 0.917. The minimum Gasteiger partial charge on any atom is -0.368 e. The van der Waals surface area contributed by atoms with E-state index in [4.69, 9.17) is 5.73 Å². The second kappa shape index (κ2) is 7.63. The Hall–Kier alpha value is -0.610. The summed E-state index contributed by atoms with van der Waals surface area (Å²) >= 11 is 0. The molecule has 0 bridgehead atoms. The summed E-state index contributed by atoms with van der Waals surface area (Å²) in [7, 11) is 0. The van der Waals surface area contributed by atoms with Crippen LogP contribution in [0.2, 0.25) is 0 Å². The molecule has 3 N–H and O–H groups in total. The third-order valence-electron chi connectivity index (χ3n) is 3.13. The van der Waals surface area contributed by atoms with Crippen molar-refractivity contribution in [2.75, 3.05) is 26.2 Å². The van der Waals surface area contributed by atoms with Crippen molar-refractivity contribution in [3.05, 3.63) is 0 Å². The van der Waals surface area contributed by atoms with Gasteiger partial charge in [-0.25, -0.2) is 0 Å². The highest BCUT2D eigenvalue weighted by Gasteiger charge is 2.29. The van der Waals surface area contributed by atoms with Crippen molar-refractivity contribution in [3.63, 3.8) is 0 Å². The first-order valence-electron chi connectivity index (χ1n) is 6.27. The Morgan fingerprint density at radius 1 is 1.31 bits per heavy atom. The molecule has 1 amide bonds. The highest BCUT2D eigenvalue weighted by atomic mass is 16.1. The Bertz CT molecular complexity index is 204. The number of nitrogens with zero attached hydrogens (tertiary/aromatic N) is 1. The van der Waals surface area contributed by atoms with Crippen molar-refractivity contribution < 1.29 is 4.79 Å². The Labute approximate surface area is 99.6 Å². The predicted octanol–water partition coefficient (Wildman–Crippen LogP) is 0.962. The smallest absolute Gasteiger partial charge is 0.237 e. The van der Waals surface area contributed by atoms with Crippen molar-refractivity contribution >= 4 is 5.91 Å². The van der Waals surface area contributed by atoms with E-state index in [2.05, 4.69) is 31.0 Å². The molecule has 1 unspecified atom stereocenters. The van der Waals surface area contributed by atoms with Crippen LogP contribution in [0.15, 0.2) is 0 Å².